The molecular weight excluding hydrogens is 376 g/mol. The van der Waals surface area contributed by atoms with Crippen molar-refractivity contribution in [2.24, 2.45) is 4.99 Å². The Morgan fingerprint density at radius 1 is 1.21 bits per heavy atom. The van der Waals surface area contributed by atoms with Gasteiger partial charge in [-0.25, -0.2) is 14.3 Å². The number of anilines is 1. The highest BCUT2D eigenvalue weighted by atomic mass is 16.5. The van der Waals surface area contributed by atoms with E-state index in [1.54, 1.807) is 30.3 Å². The van der Waals surface area contributed by atoms with Crippen LogP contribution < -0.4 is 15.4 Å². The van der Waals surface area contributed by atoms with Crippen LogP contribution >= 0.6 is 0 Å². The SMILES string of the molecule is O=C(O)Cc1ccc(OC(=O)c2ccc(NC3=NCCCN3)cc2)c2ncnn12. The number of carboxylic acids is 1. The molecule has 3 aromatic rings. The van der Waals surface area contributed by atoms with Crippen LogP contribution in [0.3, 0.4) is 0 Å². The van der Waals surface area contributed by atoms with E-state index in [0.717, 1.165) is 25.2 Å². The number of esters is 1. The van der Waals surface area contributed by atoms with E-state index in [2.05, 4.69) is 25.7 Å². The molecule has 0 unspecified atom stereocenters. The third-order valence-electron chi connectivity index (χ3n) is 4.28. The molecule has 1 aromatic carbocycles. The standard InChI is InChI=1S/C19H18N6O4/c26-16(27)10-14-6-7-15(17-22-11-23-25(14)17)29-18(28)12-2-4-13(5-3-12)24-19-20-8-1-9-21-19/h2-7,11H,1,8-10H2,(H,26,27)(H2,20,21,24). The number of carboxylic acid groups (broad SMARTS) is 1. The van der Waals surface area contributed by atoms with E-state index >= 15 is 0 Å². The van der Waals surface area contributed by atoms with E-state index < -0.39 is 11.9 Å². The van der Waals surface area contributed by atoms with Crippen molar-refractivity contribution in [3.63, 3.8) is 0 Å². The van der Waals surface area contributed by atoms with Gasteiger partial charge in [0, 0.05) is 18.8 Å². The smallest absolute Gasteiger partial charge is 0.343 e. The molecule has 3 N–H and O–H groups in total. The largest absolute Gasteiger partial charge is 0.481 e. The summed E-state index contributed by atoms with van der Waals surface area (Å²) in [4.78, 5) is 31.9. The lowest BCUT2D eigenvalue weighted by Crippen LogP contribution is -2.35. The van der Waals surface area contributed by atoms with Gasteiger partial charge < -0.3 is 20.5 Å². The molecule has 4 rings (SSSR count). The lowest BCUT2D eigenvalue weighted by atomic mass is 10.2. The second kappa shape index (κ2) is 7.97. The minimum Gasteiger partial charge on any atom is -0.481 e. The number of fused-ring (bicyclic) bond motifs is 1. The fourth-order valence-electron chi connectivity index (χ4n) is 2.91. The number of aromatic nitrogens is 3. The van der Waals surface area contributed by atoms with Gasteiger partial charge in [-0.3, -0.25) is 9.79 Å². The van der Waals surface area contributed by atoms with Gasteiger partial charge in [0.05, 0.1) is 17.7 Å². The first-order chi connectivity index (χ1) is 14.1. The van der Waals surface area contributed by atoms with Gasteiger partial charge in [-0.15, -0.1) is 0 Å². The molecule has 0 atom stereocenters. The summed E-state index contributed by atoms with van der Waals surface area (Å²) in [6, 6.07) is 9.88. The Balaban J connectivity index is 1.48. The average molecular weight is 394 g/mol. The van der Waals surface area contributed by atoms with Crippen LogP contribution in [0.25, 0.3) is 5.65 Å². The van der Waals surface area contributed by atoms with Gasteiger partial charge in [0.25, 0.3) is 0 Å². The van der Waals surface area contributed by atoms with Crippen LogP contribution in [0.4, 0.5) is 5.69 Å². The first-order valence-corrected chi connectivity index (χ1v) is 9.01. The molecule has 1 aliphatic heterocycles. The van der Waals surface area contributed by atoms with E-state index in [0.29, 0.717) is 17.2 Å². The number of carbonyl (C=O) groups is 2. The Labute approximate surface area is 165 Å². The van der Waals surface area contributed by atoms with Gasteiger partial charge in [0.2, 0.25) is 0 Å². The summed E-state index contributed by atoms with van der Waals surface area (Å²) in [6.45, 7) is 1.65. The van der Waals surface area contributed by atoms with Gasteiger partial charge >= 0.3 is 11.9 Å². The second-order valence-corrected chi connectivity index (χ2v) is 6.36. The maximum atomic E-state index is 12.5. The molecule has 0 aliphatic carbocycles. The van der Waals surface area contributed by atoms with Crippen molar-refractivity contribution in [3.05, 3.63) is 54.0 Å². The van der Waals surface area contributed by atoms with Crippen molar-refractivity contribution in [2.75, 3.05) is 18.4 Å². The third-order valence-corrected chi connectivity index (χ3v) is 4.28. The Morgan fingerprint density at radius 3 is 2.76 bits per heavy atom. The molecule has 10 nitrogen and oxygen atoms in total. The van der Waals surface area contributed by atoms with Crippen molar-refractivity contribution in [1.82, 2.24) is 19.9 Å². The van der Waals surface area contributed by atoms with Gasteiger partial charge in [-0.2, -0.15) is 5.10 Å². The van der Waals surface area contributed by atoms with E-state index in [-0.39, 0.29) is 17.8 Å². The van der Waals surface area contributed by atoms with E-state index in [1.165, 1.54) is 16.9 Å². The maximum Gasteiger partial charge on any atom is 0.343 e. The Bertz CT molecular complexity index is 1090. The molecule has 0 radical (unpaired) electrons. The fraction of sp³-hybridized carbons (Fsp3) is 0.211. The van der Waals surface area contributed by atoms with Crippen molar-refractivity contribution in [1.29, 1.82) is 0 Å². The minimum atomic E-state index is -0.991. The number of ether oxygens (including phenoxy) is 1. The number of carbonyl (C=O) groups excluding carboxylic acids is 1. The molecule has 0 fully saturated rings. The highest BCUT2D eigenvalue weighted by Crippen LogP contribution is 2.21. The van der Waals surface area contributed by atoms with Crippen molar-refractivity contribution in [2.45, 2.75) is 12.8 Å². The molecule has 148 valence electrons. The fourth-order valence-corrected chi connectivity index (χ4v) is 2.91. The van der Waals surface area contributed by atoms with Crippen LogP contribution in [0.5, 0.6) is 5.75 Å². The van der Waals surface area contributed by atoms with Crippen LogP contribution in [-0.2, 0) is 11.2 Å². The highest BCUT2D eigenvalue weighted by molar-refractivity contribution is 5.95. The van der Waals surface area contributed by atoms with E-state index in [4.69, 9.17) is 9.84 Å². The van der Waals surface area contributed by atoms with Gasteiger partial charge in [0.15, 0.2) is 17.4 Å². The van der Waals surface area contributed by atoms with Gasteiger partial charge in [-0.05, 0) is 42.8 Å². The molecule has 0 bridgehead atoms. The number of nitrogens with one attached hydrogen (secondary N) is 2. The second-order valence-electron chi connectivity index (χ2n) is 6.36. The first-order valence-electron chi connectivity index (χ1n) is 9.01. The summed E-state index contributed by atoms with van der Waals surface area (Å²) in [5.41, 5.74) is 1.87. The monoisotopic (exact) mass is 394 g/mol. The summed E-state index contributed by atoms with van der Waals surface area (Å²) in [5.74, 6) is -0.637. The number of hydrogen-bond acceptors (Lipinski definition) is 8. The van der Waals surface area contributed by atoms with Crippen molar-refractivity contribution in [3.8, 4) is 5.75 Å². The van der Waals surface area contributed by atoms with Gasteiger partial charge in [-0.1, -0.05) is 0 Å². The topological polar surface area (TPSA) is 130 Å². The van der Waals surface area contributed by atoms with Crippen LogP contribution in [0.2, 0.25) is 0 Å². The molecule has 0 amide bonds. The predicted octanol–water partition coefficient (Wildman–Crippen LogP) is 1.34. The minimum absolute atomic E-state index is 0.199. The summed E-state index contributed by atoms with van der Waals surface area (Å²) in [7, 11) is 0. The zero-order valence-electron chi connectivity index (χ0n) is 15.3. The summed E-state index contributed by atoms with van der Waals surface area (Å²) < 4.78 is 6.80. The number of guanidine groups is 1. The van der Waals surface area contributed by atoms with E-state index in [9.17, 15) is 9.59 Å². The molecule has 0 saturated carbocycles. The predicted molar refractivity (Wildman–Crippen MR) is 104 cm³/mol. The molecule has 10 heteroatoms. The van der Waals surface area contributed by atoms with Crippen LogP contribution in [0.1, 0.15) is 22.5 Å². The van der Waals surface area contributed by atoms with Crippen LogP contribution in [0, 0.1) is 0 Å². The normalized spacial score (nSPS) is 13.4. The van der Waals surface area contributed by atoms with E-state index in [1.807, 2.05) is 0 Å². The van der Waals surface area contributed by atoms with Crippen LogP contribution in [-0.4, -0.2) is 50.7 Å². The molecule has 2 aromatic heterocycles. The molecular formula is C19H18N6O4. The van der Waals surface area contributed by atoms with Crippen LogP contribution in [0.15, 0.2) is 47.7 Å². The Hall–Kier alpha value is -3.95. The zero-order chi connectivity index (χ0) is 20.2. The number of hydrogen-bond donors (Lipinski definition) is 3. The molecule has 29 heavy (non-hydrogen) atoms. The third kappa shape index (κ3) is 4.15. The lowest BCUT2D eigenvalue weighted by Gasteiger charge is -2.16. The van der Waals surface area contributed by atoms with Crippen molar-refractivity contribution < 1.29 is 19.4 Å². The number of benzene rings is 1. The summed E-state index contributed by atoms with van der Waals surface area (Å²) in [6.07, 6.45) is 2.07. The number of nitrogens with zero attached hydrogens (tertiary/aromatic N) is 4. The molecule has 1 aliphatic rings. The average Bonchev–Trinajstić information content (AvgIpc) is 3.21. The number of aliphatic carboxylic acids is 1. The zero-order valence-corrected chi connectivity index (χ0v) is 15.3. The molecule has 0 spiro atoms. The quantitative estimate of drug-likeness (QED) is 0.553. The summed E-state index contributed by atoms with van der Waals surface area (Å²) in [5, 5.41) is 19.3. The lowest BCUT2D eigenvalue weighted by molar-refractivity contribution is -0.136. The molecule has 3 heterocycles. The van der Waals surface area contributed by atoms with Gasteiger partial charge in [0.1, 0.15) is 6.33 Å². The number of pyridine rings is 1. The highest BCUT2D eigenvalue weighted by Gasteiger charge is 2.16. The maximum absolute atomic E-state index is 12.5. The number of aliphatic imine (C=N–C) groups is 1. The number of rotatable bonds is 5. The first kappa shape index (κ1) is 18.4. The Morgan fingerprint density at radius 2 is 2.03 bits per heavy atom. The molecule has 0 saturated heterocycles. The summed E-state index contributed by atoms with van der Waals surface area (Å²) >= 11 is 0. The van der Waals surface area contributed by atoms with Crippen molar-refractivity contribution >= 4 is 29.2 Å². The Kier molecular flexibility index (Phi) is 5.06.